The molecule has 0 saturated heterocycles. The standard InChI is InChI=1S/C18H18Cl2N2O5S/c1-11-3-6-14(7-4-11)28(25,26)21-10-17(23)27-12(2)18(24)22-16-8-5-13(19)9-15(16)20/h3-9,12,21H,10H2,1-2H3,(H,22,24). The van der Waals surface area contributed by atoms with Crippen LogP contribution in [0, 0.1) is 6.92 Å². The number of ether oxygens (including phenoxy) is 1. The number of aryl methyl sites for hydroxylation is 1. The van der Waals surface area contributed by atoms with Gasteiger partial charge in [-0.05, 0) is 44.2 Å². The van der Waals surface area contributed by atoms with Gasteiger partial charge in [-0.25, -0.2) is 8.42 Å². The summed E-state index contributed by atoms with van der Waals surface area (Å²) < 4.78 is 31.4. The first-order chi connectivity index (χ1) is 13.1. The highest BCUT2D eigenvalue weighted by molar-refractivity contribution is 7.89. The van der Waals surface area contributed by atoms with Gasteiger partial charge in [0.25, 0.3) is 5.91 Å². The van der Waals surface area contributed by atoms with Crippen LogP contribution in [0.4, 0.5) is 5.69 Å². The van der Waals surface area contributed by atoms with Crippen LogP contribution < -0.4 is 10.0 Å². The van der Waals surface area contributed by atoms with E-state index in [1.807, 2.05) is 6.92 Å². The summed E-state index contributed by atoms with van der Waals surface area (Å²) in [4.78, 5) is 24.0. The van der Waals surface area contributed by atoms with Gasteiger partial charge in [-0.2, -0.15) is 4.72 Å². The first-order valence-electron chi connectivity index (χ1n) is 8.10. The molecule has 0 aliphatic heterocycles. The molecule has 0 aliphatic carbocycles. The van der Waals surface area contributed by atoms with Crippen molar-refractivity contribution in [2.75, 3.05) is 11.9 Å². The minimum Gasteiger partial charge on any atom is -0.452 e. The fraction of sp³-hybridized carbons (Fsp3) is 0.222. The molecule has 10 heteroatoms. The van der Waals surface area contributed by atoms with Gasteiger partial charge in [-0.15, -0.1) is 0 Å². The lowest BCUT2D eigenvalue weighted by Crippen LogP contribution is -2.35. The largest absolute Gasteiger partial charge is 0.452 e. The van der Waals surface area contributed by atoms with Crippen LogP contribution >= 0.6 is 23.2 Å². The van der Waals surface area contributed by atoms with Crippen LogP contribution in [0.25, 0.3) is 0 Å². The molecule has 0 aromatic heterocycles. The van der Waals surface area contributed by atoms with E-state index < -0.39 is 34.5 Å². The Bertz CT molecular complexity index is 978. The van der Waals surface area contributed by atoms with E-state index in [1.54, 1.807) is 18.2 Å². The highest BCUT2D eigenvalue weighted by atomic mass is 35.5. The maximum Gasteiger partial charge on any atom is 0.321 e. The molecule has 1 amide bonds. The third-order valence-electron chi connectivity index (χ3n) is 3.60. The van der Waals surface area contributed by atoms with Gasteiger partial charge in [0, 0.05) is 5.02 Å². The van der Waals surface area contributed by atoms with Gasteiger partial charge in [0.1, 0.15) is 6.54 Å². The lowest BCUT2D eigenvalue weighted by atomic mass is 10.2. The smallest absolute Gasteiger partial charge is 0.321 e. The quantitative estimate of drug-likeness (QED) is 0.638. The first kappa shape index (κ1) is 22.2. The number of halogens is 2. The zero-order valence-corrected chi connectivity index (χ0v) is 17.4. The van der Waals surface area contributed by atoms with E-state index in [0.717, 1.165) is 5.56 Å². The van der Waals surface area contributed by atoms with Crippen LogP contribution in [0.1, 0.15) is 12.5 Å². The highest BCUT2D eigenvalue weighted by Crippen LogP contribution is 2.25. The number of hydrogen-bond acceptors (Lipinski definition) is 5. The second kappa shape index (κ2) is 9.38. The lowest BCUT2D eigenvalue weighted by molar-refractivity contribution is -0.151. The molecule has 2 N–H and O–H groups in total. The van der Waals surface area contributed by atoms with E-state index in [1.165, 1.54) is 31.2 Å². The second-order valence-electron chi connectivity index (χ2n) is 5.88. The molecule has 7 nitrogen and oxygen atoms in total. The summed E-state index contributed by atoms with van der Waals surface area (Å²) in [5, 5.41) is 3.13. The van der Waals surface area contributed by atoms with Crippen LogP contribution in [-0.4, -0.2) is 32.9 Å². The zero-order valence-electron chi connectivity index (χ0n) is 15.0. The fourth-order valence-electron chi connectivity index (χ4n) is 2.07. The van der Waals surface area contributed by atoms with Crippen molar-refractivity contribution in [3.63, 3.8) is 0 Å². The number of carbonyl (C=O) groups is 2. The van der Waals surface area contributed by atoms with Crippen molar-refractivity contribution in [2.45, 2.75) is 24.8 Å². The molecule has 2 aromatic rings. The summed E-state index contributed by atoms with van der Waals surface area (Å²) in [5.41, 5.74) is 1.21. The van der Waals surface area contributed by atoms with Crippen molar-refractivity contribution < 1.29 is 22.7 Å². The Morgan fingerprint density at radius 1 is 1.11 bits per heavy atom. The van der Waals surface area contributed by atoms with Gasteiger partial charge in [-0.1, -0.05) is 40.9 Å². The fourth-order valence-corrected chi connectivity index (χ4v) is 3.50. The Balaban J connectivity index is 1.89. The van der Waals surface area contributed by atoms with Crippen LogP contribution in [0.3, 0.4) is 0 Å². The minimum atomic E-state index is -3.87. The average molecular weight is 445 g/mol. The molecule has 0 heterocycles. The highest BCUT2D eigenvalue weighted by Gasteiger charge is 2.21. The molecule has 28 heavy (non-hydrogen) atoms. The van der Waals surface area contributed by atoms with E-state index in [9.17, 15) is 18.0 Å². The number of amides is 1. The molecule has 2 rings (SSSR count). The SMILES string of the molecule is Cc1ccc(S(=O)(=O)NCC(=O)OC(C)C(=O)Nc2ccc(Cl)cc2Cl)cc1. The van der Waals surface area contributed by atoms with Crippen LogP contribution in [-0.2, 0) is 24.3 Å². The monoisotopic (exact) mass is 444 g/mol. The predicted molar refractivity (Wildman–Crippen MR) is 107 cm³/mol. The second-order valence-corrected chi connectivity index (χ2v) is 8.49. The Labute approximate surface area is 173 Å². The molecule has 1 unspecified atom stereocenters. The van der Waals surface area contributed by atoms with Crippen molar-refractivity contribution in [3.8, 4) is 0 Å². The lowest BCUT2D eigenvalue weighted by Gasteiger charge is -2.14. The summed E-state index contributed by atoms with van der Waals surface area (Å²) in [6.45, 7) is 2.56. The summed E-state index contributed by atoms with van der Waals surface area (Å²) in [5.74, 6) is -1.53. The normalized spacial score (nSPS) is 12.3. The third-order valence-corrected chi connectivity index (χ3v) is 5.57. The Kier molecular flexibility index (Phi) is 7.42. The first-order valence-corrected chi connectivity index (χ1v) is 10.3. The van der Waals surface area contributed by atoms with Crippen molar-refractivity contribution in [1.29, 1.82) is 0 Å². The molecule has 0 spiro atoms. The molecule has 0 saturated carbocycles. The summed E-state index contributed by atoms with van der Waals surface area (Å²) in [6, 6.07) is 10.6. The van der Waals surface area contributed by atoms with E-state index >= 15 is 0 Å². The number of anilines is 1. The number of carbonyl (C=O) groups excluding carboxylic acids is 2. The molecule has 1 atom stereocenters. The number of rotatable bonds is 7. The minimum absolute atomic E-state index is 0.0223. The van der Waals surface area contributed by atoms with Gasteiger partial charge in [-0.3, -0.25) is 9.59 Å². The van der Waals surface area contributed by atoms with Crippen molar-refractivity contribution in [2.24, 2.45) is 0 Å². The van der Waals surface area contributed by atoms with E-state index in [0.29, 0.717) is 10.7 Å². The maximum atomic E-state index is 12.2. The molecule has 0 aliphatic rings. The van der Waals surface area contributed by atoms with E-state index in [-0.39, 0.29) is 9.92 Å². The molecular formula is C18H18Cl2N2O5S. The topological polar surface area (TPSA) is 102 Å². The number of hydrogen-bond donors (Lipinski definition) is 2. The molecule has 150 valence electrons. The third kappa shape index (κ3) is 6.20. The predicted octanol–water partition coefficient (Wildman–Crippen LogP) is 3.15. The number of nitrogens with one attached hydrogen (secondary N) is 2. The number of benzene rings is 2. The van der Waals surface area contributed by atoms with Crippen molar-refractivity contribution in [1.82, 2.24) is 4.72 Å². The molecule has 2 aromatic carbocycles. The van der Waals surface area contributed by atoms with Crippen LogP contribution in [0.15, 0.2) is 47.4 Å². The Hall–Kier alpha value is -2.13. The van der Waals surface area contributed by atoms with E-state index in [2.05, 4.69) is 10.0 Å². The van der Waals surface area contributed by atoms with Gasteiger partial charge < -0.3 is 10.1 Å². The summed E-state index contributed by atoms with van der Waals surface area (Å²) >= 11 is 11.8. The number of esters is 1. The molecule has 0 fully saturated rings. The average Bonchev–Trinajstić information content (AvgIpc) is 2.62. The van der Waals surface area contributed by atoms with Crippen LogP contribution in [0.2, 0.25) is 10.0 Å². The van der Waals surface area contributed by atoms with Gasteiger partial charge in [0.05, 0.1) is 15.6 Å². The maximum absolute atomic E-state index is 12.2. The summed E-state index contributed by atoms with van der Waals surface area (Å²) in [7, 11) is -3.87. The molecule has 0 radical (unpaired) electrons. The van der Waals surface area contributed by atoms with E-state index in [4.69, 9.17) is 27.9 Å². The van der Waals surface area contributed by atoms with Crippen molar-refractivity contribution >= 4 is 50.8 Å². The molecule has 0 bridgehead atoms. The van der Waals surface area contributed by atoms with Gasteiger partial charge in [0.15, 0.2) is 6.10 Å². The van der Waals surface area contributed by atoms with Gasteiger partial charge >= 0.3 is 5.97 Å². The van der Waals surface area contributed by atoms with Gasteiger partial charge in [0.2, 0.25) is 10.0 Å². The van der Waals surface area contributed by atoms with Crippen molar-refractivity contribution in [3.05, 3.63) is 58.1 Å². The molecular weight excluding hydrogens is 427 g/mol. The van der Waals surface area contributed by atoms with Crippen LogP contribution in [0.5, 0.6) is 0 Å². The summed E-state index contributed by atoms with van der Waals surface area (Å²) in [6.07, 6.45) is -1.16. The number of sulfonamides is 1. The zero-order chi connectivity index (χ0) is 20.9. The Morgan fingerprint density at radius 3 is 2.36 bits per heavy atom. The Morgan fingerprint density at radius 2 is 1.75 bits per heavy atom.